The van der Waals surface area contributed by atoms with Gasteiger partial charge in [0.05, 0.1) is 20.6 Å². The van der Waals surface area contributed by atoms with E-state index in [-0.39, 0.29) is 12.3 Å². The third-order valence-electron chi connectivity index (χ3n) is 3.58. The molecule has 5 heteroatoms. The summed E-state index contributed by atoms with van der Waals surface area (Å²) >= 11 is 0. The number of hydrogen-bond acceptors (Lipinski definition) is 4. The van der Waals surface area contributed by atoms with Gasteiger partial charge in [0.25, 0.3) is 0 Å². The van der Waals surface area contributed by atoms with E-state index in [1.54, 1.807) is 0 Å². The van der Waals surface area contributed by atoms with Gasteiger partial charge in [0.1, 0.15) is 17.2 Å². The molecule has 0 saturated heterocycles. The van der Waals surface area contributed by atoms with Crippen LogP contribution in [0, 0.1) is 5.92 Å². The molecule has 0 aromatic heterocycles. The van der Waals surface area contributed by atoms with E-state index >= 15 is 0 Å². The highest BCUT2D eigenvalue weighted by Gasteiger charge is 2.34. The Bertz CT molecular complexity index is 457. The minimum absolute atomic E-state index is 0.000833. The molecule has 0 spiro atoms. The van der Waals surface area contributed by atoms with Crippen LogP contribution in [-0.4, -0.2) is 25.3 Å². The van der Waals surface area contributed by atoms with Gasteiger partial charge in [0, 0.05) is 0 Å². The number of nitrogens with two attached hydrogens (primary N) is 1. The lowest BCUT2D eigenvalue weighted by Gasteiger charge is -2.18. The van der Waals surface area contributed by atoms with E-state index in [4.69, 9.17) is 20.3 Å². The number of ether oxygens (including phenoxy) is 2. The molecule has 104 valence electrons. The summed E-state index contributed by atoms with van der Waals surface area (Å²) in [6.07, 6.45) is 2.28. The van der Waals surface area contributed by atoms with Crippen molar-refractivity contribution in [2.24, 2.45) is 5.92 Å². The van der Waals surface area contributed by atoms with Gasteiger partial charge in [-0.05, 0) is 42.4 Å². The lowest BCUT2D eigenvalue weighted by atomic mass is 9.90. The van der Waals surface area contributed by atoms with Crippen LogP contribution in [0.3, 0.4) is 0 Å². The summed E-state index contributed by atoms with van der Waals surface area (Å²) in [4.78, 5) is 11.0. The molecule has 1 atom stereocenters. The Morgan fingerprint density at radius 1 is 1.37 bits per heavy atom. The fraction of sp³-hybridized carbons (Fsp3) is 0.500. The molecule has 0 aliphatic heterocycles. The Morgan fingerprint density at radius 3 is 2.26 bits per heavy atom. The molecule has 1 saturated carbocycles. The van der Waals surface area contributed by atoms with Gasteiger partial charge in [0.15, 0.2) is 0 Å². The van der Waals surface area contributed by atoms with E-state index in [2.05, 4.69) is 0 Å². The molecule has 1 aromatic carbocycles. The number of carboxylic acids is 1. The van der Waals surface area contributed by atoms with Crippen molar-refractivity contribution in [3.63, 3.8) is 0 Å². The van der Waals surface area contributed by atoms with Gasteiger partial charge in [-0.25, -0.2) is 0 Å². The van der Waals surface area contributed by atoms with Gasteiger partial charge in [-0.2, -0.15) is 0 Å². The van der Waals surface area contributed by atoms with Crippen LogP contribution in [0.25, 0.3) is 0 Å². The van der Waals surface area contributed by atoms with E-state index in [0.29, 0.717) is 23.1 Å². The van der Waals surface area contributed by atoms with Crippen molar-refractivity contribution in [1.82, 2.24) is 0 Å². The van der Waals surface area contributed by atoms with E-state index in [1.807, 2.05) is 12.1 Å². The maximum atomic E-state index is 11.0. The first-order chi connectivity index (χ1) is 9.06. The van der Waals surface area contributed by atoms with E-state index in [9.17, 15) is 4.79 Å². The van der Waals surface area contributed by atoms with E-state index < -0.39 is 5.97 Å². The van der Waals surface area contributed by atoms with Crippen molar-refractivity contribution >= 4 is 11.7 Å². The molecule has 19 heavy (non-hydrogen) atoms. The number of carboxylic acid groups (broad SMARTS) is 1. The van der Waals surface area contributed by atoms with Crippen LogP contribution in [0.1, 0.15) is 30.7 Å². The van der Waals surface area contributed by atoms with Gasteiger partial charge >= 0.3 is 5.97 Å². The van der Waals surface area contributed by atoms with Gasteiger partial charge in [-0.3, -0.25) is 4.79 Å². The van der Waals surface area contributed by atoms with Crippen molar-refractivity contribution < 1.29 is 19.4 Å². The highest BCUT2D eigenvalue weighted by molar-refractivity contribution is 5.69. The van der Waals surface area contributed by atoms with E-state index in [1.165, 1.54) is 14.2 Å². The largest absolute Gasteiger partial charge is 0.494 e. The first kappa shape index (κ1) is 13.5. The van der Waals surface area contributed by atoms with Gasteiger partial charge in [-0.1, -0.05) is 0 Å². The number of methoxy groups -OCH3 is 2. The van der Waals surface area contributed by atoms with Crippen LogP contribution in [0.2, 0.25) is 0 Å². The number of benzene rings is 1. The average Bonchev–Trinajstić information content (AvgIpc) is 3.20. The van der Waals surface area contributed by atoms with Gasteiger partial charge in [-0.15, -0.1) is 0 Å². The van der Waals surface area contributed by atoms with Gasteiger partial charge in [0.2, 0.25) is 0 Å². The standard InChI is InChI=1S/C14H19NO4/c1-18-11-5-9(6-12(19-2)14(11)15)10(7-13(16)17)8-3-4-8/h5-6,8,10H,3-4,7,15H2,1-2H3,(H,16,17). The summed E-state index contributed by atoms with van der Waals surface area (Å²) in [7, 11) is 3.08. The fourth-order valence-corrected chi connectivity index (χ4v) is 2.42. The smallest absolute Gasteiger partial charge is 0.303 e. The quantitative estimate of drug-likeness (QED) is 0.771. The van der Waals surface area contributed by atoms with Crippen molar-refractivity contribution in [2.45, 2.75) is 25.2 Å². The third-order valence-corrected chi connectivity index (χ3v) is 3.58. The molecule has 0 bridgehead atoms. The van der Waals surface area contributed by atoms with Gasteiger partial charge < -0.3 is 20.3 Å². The topological polar surface area (TPSA) is 81.8 Å². The SMILES string of the molecule is COc1cc(C(CC(=O)O)C2CC2)cc(OC)c1N. The maximum absolute atomic E-state index is 11.0. The molecule has 1 aliphatic rings. The second-order valence-corrected chi connectivity index (χ2v) is 4.88. The van der Waals surface area contributed by atoms with Crippen LogP contribution in [0.4, 0.5) is 5.69 Å². The second kappa shape index (κ2) is 5.38. The molecule has 1 fully saturated rings. The van der Waals surface area contributed by atoms with Crippen LogP contribution in [0.15, 0.2) is 12.1 Å². The number of rotatable bonds is 6. The highest BCUT2D eigenvalue weighted by Crippen LogP contribution is 2.47. The zero-order valence-corrected chi connectivity index (χ0v) is 11.2. The highest BCUT2D eigenvalue weighted by atomic mass is 16.5. The maximum Gasteiger partial charge on any atom is 0.303 e. The summed E-state index contributed by atoms with van der Waals surface area (Å²) in [5.41, 5.74) is 7.27. The molecule has 1 aliphatic carbocycles. The minimum atomic E-state index is -0.786. The number of aliphatic carboxylic acids is 1. The Labute approximate surface area is 112 Å². The van der Waals surface area contributed by atoms with Crippen LogP contribution < -0.4 is 15.2 Å². The number of anilines is 1. The molecular formula is C14H19NO4. The normalized spacial score (nSPS) is 15.9. The Balaban J connectivity index is 2.38. The molecule has 1 aromatic rings. The molecule has 0 amide bonds. The Morgan fingerprint density at radius 2 is 1.89 bits per heavy atom. The molecule has 1 unspecified atom stereocenters. The lowest BCUT2D eigenvalue weighted by Crippen LogP contribution is -2.09. The predicted octanol–water partition coefficient (Wildman–Crippen LogP) is 2.25. The zero-order valence-electron chi connectivity index (χ0n) is 11.2. The minimum Gasteiger partial charge on any atom is -0.494 e. The number of nitrogen functional groups attached to an aromatic ring is 1. The summed E-state index contributed by atoms with van der Waals surface area (Å²) in [6, 6.07) is 3.65. The monoisotopic (exact) mass is 265 g/mol. The first-order valence-corrected chi connectivity index (χ1v) is 6.30. The summed E-state index contributed by atoms with van der Waals surface area (Å²) in [5, 5.41) is 9.04. The first-order valence-electron chi connectivity index (χ1n) is 6.30. The van der Waals surface area contributed by atoms with Crippen LogP contribution in [-0.2, 0) is 4.79 Å². The Kier molecular flexibility index (Phi) is 3.83. The van der Waals surface area contributed by atoms with Crippen molar-refractivity contribution in [3.8, 4) is 11.5 Å². The summed E-state index contributed by atoms with van der Waals surface area (Å²) in [6.45, 7) is 0. The third kappa shape index (κ3) is 2.92. The fourth-order valence-electron chi connectivity index (χ4n) is 2.42. The van der Waals surface area contributed by atoms with Crippen molar-refractivity contribution in [1.29, 1.82) is 0 Å². The van der Waals surface area contributed by atoms with Crippen molar-refractivity contribution in [2.75, 3.05) is 20.0 Å². The molecule has 0 heterocycles. The number of carbonyl (C=O) groups is 1. The van der Waals surface area contributed by atoms with Crippen molar-refractivity contribution in [3.05, 3.63) is 17.7 Å². The number of hydrogen-bond donors (Lipinski definition) is 2. The molecule has 5 nitrogen and oxygen atoms in total. The zero-order chi connectivity index (χ0) is 14.0. The van der Waals surface area contributed by atoms with E-state index in [0.717, 1.165) is 18.4 Å². The van der Waals surface area contributed by atoms with Crippen LogP contribution in [0.5, 0.6) is 11.5 Å². The second-order valence-electron chi connectivity index (χ2n) is 4.88. The average molecular weight is 265 g/mol. The Hall–Kier alpha value is -1.91. The lowest BCUT2D eigenvalue weighted by molar-refractivity contribution is -0.137. The molecule has 0 radical (unpaired) electrons. The molecule has 2 rings (SSSR count). The molecule has 3 N–H and O–H groups in total. The summed E-state index contributed by atoms with van der Waals surface area (Å²) in [5.74, 6) is 0.720. The summed E-state index contributed by atoms with van der Waals surface area (Å²) < 4.78 is 10.5. The van der Waals surface area contributed by atoms with Crippen LogP contribution >= 0.6 is 0 Å². The predicted molar refractivity (Wildman–Crippen MR) is 71.7 cm³/mol. The molecular weight excluding hydrogens is 246 g/mol.